The lowest BCUT2D eigenvalue weighted by Gasteiger charge is -1.84. The van der Waals surface area contributed by atoms with Crippen LogP contribution in [0.3, 0.4) is 0 Å². The van der Waals surface area contributed by atoms with Gasteiger partial charge in [-0.05, 0) is 21.3 Å². The van der Waals surface area contributed by atoms with Gasteiger partial charge in [0, 0.05) is 0 Å². The SMILES string of the molecule is S/C=c1/cccc/c1=C\S. The molecule has 0 aromatic heterocycles. The molecular formula is C8H8S2. The predicted molar refractivity (Wildman–Crippen MR) is 52.6 cm³/mol. The van der Waals surface area contributed by atoms with Crippen molar-refractivity contribution in [3.63, 3.8) is 0 Å². The zero-order valence-electron chi connectivity index (χ0n) is 5.36. The first kappa shape index (κ1) is 7.76. The maximum Gasteiger partial charge on any atom is -0.0118 e. The van der Waals surface area contributed by atoms with E-state index in [9.17, 15) is 0 Å². The van der Waals surface area contributed by atoms with Crippen LogP contribution in [-0.4, -0.2) is 0 Å². The number of thiol groups is 2. The Hall–Kier alpha value is -0.340. The van der Waals surface area contributed by atoms with E-state index in [0.29, 0.717) is 0 Å². The van der Waals surface area contributed by atoms with Crippen LogP contribution in [0.25, 0.3) is 10.8 Å². The summed E-state index contributed by atoms with van der Waals surface area (Å²) in [4.78, 5) is 0. The fraction of sp³-hybridized carbons (Fsp3) is 0. The monoisotopic (exact) mass is 168 g/mol. The molecular weight excluding hydrogens is 160 g/mol. The van der Waals surface area contributed by atoms with Gasteiger partial charge in [-0.2, -0.15) is 25.3 Å². The van der Waals surface area contributed by atoms with Crippen molar-refractivity contribution in [2.24, 2.45) is 0 Å². The third-order valence-corrected chi connectivity index (χ3v) is 1.83. The summed E-state index contributed by atoms with van der Waals surface area (Å²) in [6, 6.07) is 7.94. The summed E-state index contributed by atoms with van der Waals surface area (Å²) < 4.78 is 0. The number of hydrogen-bond donors (Lipinski definition) is 2. The molecule has 0 aliphatic heterocycles. The largest absolute Gasteiger partial charge is 0.151 e. The van der Waals surface area contributed by atoms with Gasteiger partial charge in [-0.1, -0.05) is 24.3 Å². The van der Waals surface area contributed by atoms with Crippen LogP contribution in [0.1, 0.15) is 0 Å². The van der Waals surface area contributed by atoms with Crippen LogP contribution in [0.5, 0.6) is 0 Å². The lowest BCUT2D eigenvalue weighted by Crippen LogP contribution is -2.21. The van der Waals surface area contributed by atoms with E-state index in [2.05, 4.69) is 25.3 Å². The molecule has 0 radical (unpaired) electrons. The van der Waals surface area contributed by atoms with Gasteiger partial charge < -0.3 is 0 Å². The average Bonchev–Trinajstić information content (AvgIpc) is 2.04. The van der Waals surface area contributed by atoms with Crippen molar-refractivity contribution in [3.05, 3.63) is 34.7 Å². The van der Waals surface area contributed by atoms with Crippen LogP contribution in [-0.2, 0) is 0 Å². The summed E-state index contributed by atoms with van der Waals surface area (Å²) in [5, 5.41) is 5.73. The van der Waals surface area contributed by atoms with Crippen molar-refractivity contribution in [2.45, 2.75) is 0 Å². The molecule has 0 spiro atoms. The highest BCUT2D eigenvalue weighted by Gasteiger charge is 1.77. The van der Waals surface area contributed by atoms with Crippen LogP contribution >= 0.6 is 25.3 Å². The van der Waals surface area contributed by atoms with Crippen LogP contribution < -0.4 is 10.4 Å². The maximum absolute atomic E-state index is 4.05. The molecule has 52 valence electrons. The molecule has 0 heterocycles. The topological polar surface area (TPSA) is 0 Å². The normalized spacial score (nSPS) is 14.2. The molecule has 1 rings (SSSR count). The van der Waals surface area contributed by atoms with E-state index in [4.69, 9.17) is 0 Å². The minimum Gasteiger partial charge on any atom is -0.151 e. The molecule has 0 N–H and O–H groups in total. The van der Waals surface area contributed by atoms with Gasteiger partial charge >= 0.3 is 0 Å². The zero-order valence-corrected chi connectivity index (χ0v) is 7.15. The Balaban J connectivity index is 3.53. The molecule has 0 bridgehead atoms. The molecule has 0 aliphatic rings. The summed E-state index contributed by atoms with van der Waals surface area (Å²) >= 11 is 8.11. The first-order chi connectivity index (χ1) is 4.88. The minimum absolute atomic E-state index is 1.10. The van der Waals surface area contributed by atoms with Crippen molar-refractivity contribution < 1.29 is 0 Å². The maximum atomic E-state index is 4.05. The summed E-state index contributed by atoms with van der Waals surface area (Å²) in [7, 11) is 0. The summed E-state index contributed by atoms with van der Waals surface area (Å²) in [6.07, 6.45) is 0. The highest BCUT2D eigenvalue weighted by molar-refractivity contribution is 7.88. The number of rotatable bonds is 0. The van der Waals surface area contributed by atoms with Crippen molar-refractivity contribution in [1.29, 1.82) is 0 Å². The smallest absolute Gasteiger partial charge is 0.0118 e. The molecule has 1 aromatic carbocycles. The van der Waals surface area contributed by atoms with E-state index in [1.54, 1.807) is 10.8 Å². The van der Waals surface area contributed by atoms with Crippen molar-refractivity contribution in [1.82, 2.24) is 0 Å². The highest BCUT2D eigenvalue weighted by Crippen LogP contribution is 1.76. The predicted octanol–water partition coefficient (Wildman–Crippen LogP) is 1.02. The Kier molecular flexibility index (Phi) is 2.90. The molecule has 10 heavy (non-hydrogen) atoms. The molecule has 0 saturated carbocycles. The Morgan fingerprint density at radius 2 is 1.30 bits per heavy atom. The molecule has 0 amide bonds. The second kappa shape index (κ2) is 3.74. The Morgan fingerprint density at radius 1 is 0.900 bits per heavy atom. The van der Waals surface area contributed by atoms with Crippen LogP contribution in [0.2, 0.25) is 0 Å². The lowest BCUT2D eigenvalue weighted by molar-refractivity contribution is 1.54. The third kappa shape index (κ3) is 1.58. The van der Waals surface area contributed by atoms with Crippen molar-refractivity contribution in [3.8, 4) is 0 Å². The Bertz CT molecular complexity index is 281. The Morgan fingerprint density at radius 3 is 1.60 bits per heavy atom. The van der Waals surface area contributed by atoms with Crippen molar-refractivity contribution in [2.75, 3.05) is 0 Å². The first-order valence-electron chi connectivity index (χ1n) is 2.92. The van der Waals surface area contributed by atoms with Gasteiger partial charge in [0.15, 0.2) is 0 Å². The molecule has 0 fully saturated rings. The Labute approximate surface area is 71.1 Å². The zero-order chi connectivity index (χ0) is 7.40. The van der Waals surface area contributed by atoms with E-state index in [1.165, 1.54) is 0 Å². The average molecular weight is 168 g/mol. The second-order valence-electron chi connectivity index (χ2n) is 1.89. The van der Waals surface area contributed by atoms with Gasteiger partial charge in [-0.15, -0.1) is 0 Å². The van der Waals surface area contributed by atoms with Gasteiger partial charge in [0.1, 0.15) is 0 Å². The first-order valence-corrected chi connectivity index (χ1v) is 3.95. The minimum atomic E-state index is 1.10. The van der Waals surface area contributed by atoms with E-state index >= 15 is 0 Å². The fourth-order valence-electron chi connectivity index (χ4n) is 0.746. The molecule has 0 saturated heterocycles. The summed E-state index contributed by atoms with van der Waals surface area (Å²) in [5.74, 6) is 0. The molecule has 0 nitrogen and oxygen atoms in total. The third-order valence-electron chi connectivity index (χ3n) is 1.27. The summed E-state index contributed by atoms with van der Waals surface area (Å²) in [6.45, 7) is 0. The molecule has 1 aromatic rings. The van der Waals surface area contributed by atoms with Gasteiger partial charge in [0.05, 0.1) is 0 Å². The number of benzene rings is 1. The quantitative estimate of drug-likeness (QED) is 0.531. The van der Waals surface area contributed by atoms with E-state index < -0.39 is 0 Å². The molecule has 2 heteroatoms. The van der Waals surface area contributed by atoms with E-state index in [0.717, 1.165) is 10.4 Å². The van der Waals surface area contributed by atoms with Crippen LogP contribution in [0.4, 0.5) is 0 Å². The highest BCUT2D eigenvalue weighted by atomic mass is 32.1. The second-order valence-corrected chi connectivity index (χ2v) is 2.40. The van der Waals surface area contributed by atoms with Crippen LogP contribution in [0, 0.1) is 0 Å². The number of hydrogen-bond acceptors (Lipinski definition) is 2. The molecule has 0 unspecified atom stereocenters. The lowest BCUT2D eigenvalue weighted by atomic mass is 10.3. The van der Waals surface area contributed by atoms with Gasteiger partial charge in [-0.25, -0.2) is 0 Å². The molecule has 0 aliphatic carbocycles. The van der Waals surface area contributed by atoms with Gasteiger partial charge in [-0.3, -0.25) is 0 Å². The van der Waals surface area contributed by atoms with Gasteiger partial charge in [0.2, 0.25) is 0 Å². The van der Waals surface area contributed by atoms with E-state index in [-0.39, 0.29) is 0 Å². The molecule has 0 atom stereocenters. The van der Waals surface area contributed by atoms with Gasteiger partial charge in [0.25, 0.3) is 0 Å². The van der Waals surface area contributed by atoms with Crippen LogP contribution in [0.15, 0.2) is 24.3 Å². The van der Waals surface area contributed by atoms with E-state index in [1.807, 2.05) is 24.3 Å². The van der Waals surface area contributed by atoms with Crippen molar-refractivity contribution >= 4 is 36.1 Å². The fourth-order valence-corrected chi connectivity index (χ4v) is 1.22. The summed E-state index contributed by atoms with van der Waals surface area (Å²) in [5.41, 5.74) is 0. The standard InChI is InChI=1S/C8H8S2/c9-5-7-3-1-2-4-8(7)6-10/h1-6,9-10H/b7-5-,8-6+.